The fourth-order valence-electron chi connectivity index (χ4n) is 3.96. The van der Waals surface area contributed by atoms with Gasteiger partial charge in [-0.2, -0.15) is 5.10 Å². The molecule has 6 nitrogen and oxygen atoms in total. The third-order valence-corrected chi connectivity index (χ3v) is 5.02. The third kappa shape index (κ3) is 2.06. The summed E-state index contributed by atoms with van der Waals surface area (Å²) in [5.41, 5.74) is 19.6. The minimum atomic E-state index is -0.0284. The van der Waals surface area contributed by atoms with Crippen molar-refractivity contribution < 1.29 is 0 Å². The van der Waals surface area contributed by atoms with Crippen molar-refractivity contribution in [1.82, 2.24) is 19.6 Å². The van der Waals surface area contributed by atoms with E-state index in [4.69, 9.17) is 11.5 Å². The molecule has 5 rings (SSSR count). The van der Waals surface area contributed by atoms with Crippen molar-refractivity contribution in [2.45, 2.75) is 19.4 Å². The molecule has 1 atom stereocenters. The van der Waals surface area contributed by atoms with Gasteiger partial charge in [-0.05, 0) is 24.6 Å². The fourth-order valence-corrected chi connectivity index (χ4v) is 3.96. The molecule has 0 bridgehead atoms. The number of nitrogens with zero attached hydrogens (tertiary/aromatic N) is 4. The van der Waals surface area contributed by atoms with Crippen LogP contribution in [0.3, 0.4) is 0 Å². The summed E-state index contributed by atoms with van der Waals surface area (Å²) in [6.45, 7) is 2.08. The summed E-state index contributed by atoms with van der Waals surface area (Å²) in [6, 6.07) is 10.2. The molecule has 1 aromatic carbocycles. The van der Waals surface area contributed by atoms with E-state index in [9.17, 15) is 0 Å². The number of rotatable bonds is 1. The van der Waals surface area contributed by atoms with Crippen molar-refractivity contribution in [2.75, 3.05) is 5.73 Å². The van der Waals surface area contributed by atoms with E-state index in [1.807, 2.05) is 28.9 Å². The lowest BCUT2D eigenvalue weighted by molar-refractivity contribution is 0.734. The van der Waals surface area contributed by atoms with Crippen LogP contribution in [-0.2, 0) is 6.42 Å². The number of nitrogen functional groups attached to an aromatic ring is 1. The van der Waals surface area contributed by atoms with Crippen LogP contribution in [0.1, 0.15) is 18.2 Å². The number of benzene rings is 1. The van der Waals surface area contributed by atoms with Crippen LogP contribution in [0.15, 0.2) is 48.9 Å². The zero-order chi connectivity index (χ0) is 17.8. The van der Waals surface area contributed by atoms with Gasteiger partial charge in [-0.1, -0.05) is 24.3 Å². The van der Waals surface area contributed by atoms with Crippen molar-refractivity contribution >= 4 is 27.8 Å². The molecule has 4 aromatic rings. The number of fused-ring (bicyclic) bond motifs is 4. The first-order chi connectivity index (χ1) is 12.6. The number of nitrogens with two attached hydrogens (primary N) is 2. The van der Waals surface area contributed by atoms with Crippen LogP contribution in [0.5, 0.6) is 0 Å². The van der Waals surface area contributed by atoms with E-state index < -0.39 is 0 Å². The molecule has 3 heterocycles. The third-order valence-electron chi connectivity index (χ3n) is 5.02. The zero-order valence-corrected chi connectivity index (χ0v) is 14.3. The van der Waals surface area contributed by atoms with Gasteiger partial charge in [-0.3, -0.25) is 4.98 Å². The molecule has 128 valence electrons. The number of anilines is 1. The highest BCUT2D eigenvalue weighted by atomic mass is 15.3. The highest BCUT2D eigenvalue weighted by molar-refractivity contribution is 5.99. The second-order valence-corrected chi connectivity index (χ2v) is 6.74. The minimum Gasteiger partial charge on any atom is -0.382 e. The lowest BCUT2D eigenvalue weighted by Gasteiger charge is -2.18. The zero-order valence-electron chi connectivity index (χ0n) is 14.3. The van der Waals surface area contributed by atoms with Crippen LogP contribution in [0.4, 0.5) is 5.82 Å². The van der Waals surface area contributed by atoms with Crippen molar-refractivity contribution in [3.8, 4) is 11.1 Å². The summed E-state index contributed by atoms with van der Waals surface area (Å²) >= 11 is 0. The molecule has 6 heteroatoms. The van der Waals surface area contributed by atoms with Gasteiger partial charge >= 0.3 is 0 Å². The van der Waals surface area contributed by atoms with E-state index >= 15 is 0 Å². The van der Waals surface area contributed by atoms with Crippen LogP contribution in [0, 0.1) is 0 Å². The number of pyridine rings is 1. The average Bonchev–Trinajstić information content (AvgIpc) is 2.97. The number of para-hydroxylation sites is 1. The monoisotopic (exact) mass is 342 g/mol. The average molecular weight is 342 g/mol. The Labute approximate surface area is 150 Å². The number of hydrogen-bond acceptors (Lipinski definition) is 5. The molecule has 1 aliphatic rings. The molecule has 0 aliphatic heterocycles. The molecule has 0 saturated heterocycles. The molecular weight excluding hydrogens is 324 g/mol. The second-order valence-electron chi connectivity index (χ2n) is 6.74. The molecule has 0 amide bonds. The quantitative estimate of drug-likeness (QED) is 0.554. The Morgan fingerprint density at radius 1 is 1.15 bits per heavy atom. The Hall–Kier alpha value is -3.25. The van der Waals surface area contributed by atoms with Crippen LogP contribution in [0.2, 0.25) is 0 Å². The van der Waals surface area contributed by atoms with E-state index in [1.54, 1.807) is 0 Å². The standard InChI is InChI=1S/C20H18N6/c1-11-6-14(21)8-16-17(11)18(19-20(22)24-10-25-26(16)19)13-7-12-4-2-3-5-15(12)23-9-13/h2-7,9-10,14H,8,21H2,1H3,(H2,22,24,25). The van der Waals surface area contributed by atoms with Crippen LogP contribution in [-0.4, -0.2) is 25.6 Å². The topological polar surface area (TPSA) is 95.1 Å². The molecule has 1 unspecified atom stereocenters. The summed E-state index contributed by atoms with van der Waals surface area (Å²) in [6.07, 6.45) is 6.20. The normalized spacial score (nSPS) is 16.7. The highest BCUT2D eigenvalue weighted by Gasteiger charge is 2.27. The van der Waals surface area contributed by atoms with Gasteiger partial charge in [0.15, 0.2) is 5.82 Å². The van der Waals surface area contributed by atoms with E-state index in [1.165, 1.54) is 6.33 Å². The van der Waals surface area contributed by atoms with Gasteiger partial charge in [0.05, 0.1) is 11.2 Å². The van der Waals surface area contributed by atoms with E-state index in [-0.39, 0.29) is 6.04 Å². The Morgan fingerprint density at radius 2 is 2.00 bits per heavy atom. The lowest BCUT2D eigenvalue weighted by atomic mass is 9.89. The van der Waals surface area contributed by atoms with Gasteiger partial charge < -0.3 is 11.5 Å². The van der Waals surface area contributed by atoms with Gasteiger partial charge in [-0.15, -0.1) is 0 Å². The maximum absolute atomic E-state index is 6.26. The van der Waals surface area contributed by atoms with Crippen molar-refractivity contribution in [1.29, 1.82) is 0 Å². The summed E-state index contributed by atoms with van der Waals surface area (Å²) in [5.74, 6) is 0.457. The van der Waals surface area contributed by atoms with Gasteiger partial charge in [0.25, 0.3) is 0 Å². The first kappa shape index (κ1) is 15.0. The Bertz CT molecular complexity index is 1200. The van der Waals surface area contributed by atoms with Gasteiger partial charge in [0.1, 0.15) is 11.8 Å². The molecule has 1 aliphatic carbocycles. The van der Waals surface area contributed by atoms with Crippen molar-refractivity contribution in [2.24, 2.45) is 5.73 Å². The predicted octanol–water partition coefficient (Wildman–Crippen LogP) is 2.81. The summed E-state index contributed by atoms with van der Waals surface area (Å²) in [7, 11) is 0. The highest BCUT2D eigenvalue weighted by Crippen LogP contribution is 2.41. The van der Waals surface area contributed by atoms with Gasteiger partial charge in [0, 0.05) is 40.7 Å². The van der Waals surface area contributed by atoms with Crippen molar-refractivity contribution in [3.63, 3.8) is 0 Å². The van der Waals surface area contributed by atoms with Crippen molar-refractivity contribution in [3.05, 3.63) is 60.2 Å². The summed E-state index contributed by atoms with van der Waals surface area (Å²) in [4.78, 5) is 8.85. The molecule has 0 radical (unpaired) electrons. The SMILES string of the molecule is CC1=CC(N)Cc2c1c(-c1cnc3ccccc3c1)c1c(N)ncnn21. The largest absolute Gasteiger partial charge is 0.382 e. The Kier molecular flexibility index (Phi) is 3.11. The second kappa shape index (κ2) is 5.37. The van der Waals surface area contributed by atoms with E-state index in [0.717, 1.165) is 44.4 Å². The summed E-state index contributed by atoms with van der Waals surface area (Å²) < 4.78 is 1.89. The maximum Gasteiger partial charge on any atom is 0.152 e. The van der Waals surface area contributed by atoms with Gasteiger partial charge in [-0.25, -0.2) is 9.50 Å². The molecule has 3 aromatic heterocycles. The molecule has 0 fully saturated rings. The molecule has 0 saturated carbocycles. The summed E-state index contributed by atoms with van der Waals surface area (Å²) in [5, 5.41) is 5.54. The number of allylic oxidation sites excluding steroid dienone is 1. The predicted molar refractivity (Wildman–Crippen MR) is 103 cm³/mol. The van der Waals surface area contributed by atoms with Crippen LogP contribution < -0.4 is 11.5 Å². The lowest BCUT2D eigenvalue weighted by Crippen LogP contribution is -2.24. The molecule has 26 heavy (non-hydrogen) atoms. The van der Waals surface area contributed by atoms with E-state index in [2.05, 4.69) is 40.2 Å². The molecule has 4 N–H and O–H groups in total. The first-order valence-corrected chi connectivity index (χ1v) is 8.57. The molecule has 0 spiro atoms. The maximum atomic E-state index is 6.26. The van der Waals surface area contributed by atoms with Gasteiger partial charge in [0.2, 0.25) is 0 Å². The van der Waals surface area contributed by atoms with Crippen LogP contribution >= 0.6 is 0 Å². The Balaban J connectivity index is 1.91. The first-order valence-electron chi connectivity index (χ1n) is 8.57. The molecular formula is C20H18N6. The Morgan fingerprint density at radius 3 is 2.88 bits per heavy atom. The minimum absolute atomic E-state index is 0.0284. The smallest absolute Gasteiger partial charge is 0.152 e. The fraction of sp³-hybridized carbons (Fsp3) is 0.150. The number of aromatic nitrogens is 4. The van der Waals surface area contributed by atoms with Crippen LogP contribution in [0.25, 0.3) is 33.1 Å². The number of hydrogen-bond donors (Lipinski definition) is 2. The van der Waals surface area contributed by atoms with E-state index in [0.29, 0.717) is 12.2 Å².